The van der Waals surface area contributed by atoms with E-state index in [0.717, 1.165) is 19.4 Å². The number of rotatable bonds is 3. The Morgan fingerprint density at radius 1 is 1.50 bits per heavy atom. The number of benzene rings is 1. The Balaban J connectivity index is 2.20. The van der Waals surface area contributed by atoms with E-state index >= 15 is 0 Å². The summed E-state index contributed by atoms with van der Waals surface area (Å²) in [5.74, 6) is -0.374. The minimum absolute atomic E-state index is 0.000509. The highest BCUT2D eigenvalue weighted by molar-refractivity contribution is 5.29. The van der Waals surface area contributed by atoms with Crippen LogP contribution in [0.2, 0.25) is 0 Å². The van der Waals surface area contributed by atoms with Crippen molar-refractivity contribution in [1.82, 2.24) is 4.90 Å². The second kappa shape index (κ2) is 5.67. The highest BCUT2D eigenvalue weighted by Crippen LogP contribution is 2.30. The van der Waals surface area contributed by atoms with Gasteiger partial charge in [-0.3, -0.25) is 4.90 Å². The number of piperidine rings is 1. The van der Waals surface area contributed by atoms with Crippen molar-refractivity contribution in [2.75, 3.05) is 13.1 Å². The molecule has 0 radical (unpaired) electrons. The van der Waals surface area contributed by atoms with Crippen LogP contribution in [0.3, 0.4) is 0 Å². The van der Waals surface area contributed by atoms with Crippen molar-refractivity contribution in [2.45, 2.75) is 38.3 Å². The zero-order valence-corrected chi connectivity index (χ0v) is 10.8. The van der Waals surface area contributed by atoms with Gasteiger partial charge in [0, 0.05) is 30.3 Å². The fraction of sp³-hybridized carbons (Fsp3) is 0.571. The van der Waals surface area contributed by atoms with Crippen LogP contribution in [0.15, 0.2) is 18.2 Å². The van der Waals surface area contributed by atoms with Crippen LogP contribution in [0.4, 0.5) is 4.39 Å². The maximum Gasteiger partial charge on any atom is 0.131 e. The van der Waals surface area contributed by atoms with Gasteiger partial charge in [0.25, 0.3) is 0 Å². The number of nitrogens with zero attached hydrogens (tertiary/aromatic N) is 1. The van der Waals surface area contributed by atoms with Gasteiger partial charge in [-0.2, -0.15) is 0 Å². The van der Waals surface area contributed by atoms with Gasteiger partial charge in [-0.05, 0) is 32.4 Å². The molecule has 100 valence electrons. The molecule has 0 saturated carbocycles. The van der Waals surface area contributed by atoms with Gasteiger partial charge in [-0.25, -0.2) is 4.39 Å². The van der Waals surface area contributed by atoms with E-state index in [9.17, 15) is 9.50 Å². The summed E-state index contributed by atoms with van der Waals surface area (Å²) in [5.41, 5.74) is 6.43. The summed E-state index contributed by atoms with van der Waals surface area (Å²) in [5, 5.41) is 9.25. The van der Waals surface area contributed by atoms with E-state index < -0.39 is 0 Å². The van der Waals surface area contributed by atoms with Crippen LogP contribution in [0.25, 0.3) is 0 Å². The van der Waals surface area contributed by atoms with E-state index in [4.69, 9.17) is 5.73 Å². The average molecular weight is 252 g/mol. The summed E-state index contributed by atoms with van der Waals surface area (Å²) < 4.78 is 13.9. The molecular formula is C14H21FN2O. The van der Waals surface area contributed by atoms with Crippen molar-refractivity contribution < 1.29 is 9.50 Å². The Morgan fingerprint density at radius 2 is 2.28 bits per heavy atom. The number of aromatic hydroxyl groups is 1. The lowest BCUT2D eigenvalue weighted by Crippen LogP contribution is -2.45. The lowest BCUT2D eigenvalue weighted by molar-refractivity contribution is 0.106. The van der Waals surface area contributed by atoms with Crippen LogP contribution in [-0.2, 0) is 0 Å². The Morgan fingerprint density at radius 3 is 2.94 bits per heavy atom. The Labute approximate surface area is 107 Å². The third-order valence-electron chi connectivity index (χ3n) is 3.88. The number of halogens is 1. The molecule has 0 amide bonds. The van der Waals surface area contributed by atoms with Crippen molar-refractivity contribution >= 4 is 0 Å². The quantitative estimate of drug-likeness (QED) is 0.868. The third-order valence-corrected chi connectivity index (χ3v) is 3.88. The minimum Gasteiger partial charge on any atom is -0.508 e. The molecule has 1 aliphatic heterocycles. The van der Waals surface area contributed by atoms with Crippen molar-refractivity contribution in [3.8, 4) is 5.75 Å². The van der Waals surface area contributed by atoms with Gasteiger partial charge in [0.1, 0.15) is 11.6 Å². The van der Waals surface area contributed by atoms with E-state index in [0.29, 0.717) is 18.2 Å². The van der Waals surface area contributed by atoms with Crippen LogP contribution >= 0.6 is 0 Å². The zero-order valence-electron chi connectivity index (χ0n) is 10.8. The van der Waals surface area contributed by atoms with Gasteiger partial charge in [0.05, 0.1) is 0 Å². The highest BCUT2D eigenvalue weighted by Gasteiger charge is 2.27. The lowest BCUT2D eigenvalue weighted by atomic mass is 9.97. The number of hydrogen-bond donors (Lipinski definition) is 2. The molecule has 2 atom stereocenters. The molecule has 1 aliphatic rings. The van der Waals surface area contributed by atoms with E-state index in [1.165, 1.54) is 18.6 Å². The topological polar surface area (TPSA) is 49.5 Å². The van der Waals surface area contributed by atoms with Crippen molar-refractivity contribution in [3.05, 3.63) is 29.6 Å². The van der Waals surface area contributed by atoms with Crippen LogP contribution in [-0.4, -0.2) is 29.1 Å². The first-order valence-electron chi connectivity index (χ1n) is 6.57. The summed E-state index contributed by atoms with van der Waals surface area (Å²) in [6.45, 7) is 3.58. The molecule has 3 nitrogen and oxygen atoms in total. The van der Waals surface area contributed by atoms with Crippen molar-refractivity contribution in [1.29, 1.82) is 0 Å². The molecule has 1 aromatic rings. The summed E-state index contributed by atoms with van der Waals surface area (Å²) in [6, 6.07) is 4.71. The fourth-order valence-electron chi connectivity index (χ4n) is 2.82. The summed E-state index contributed by atoms with van der Waals surface area (Å²) >= 11 is 0. The fourth-order valence-corrected chi connectivity index (χ4v) is 2.82. The molecule has 1 saturated heterocycles. The van der Waals surface area contributed by atoms with Crippen LogP contribution in [0.5, 0.6) is 5.75 Å². The van der Waals surface area contributed by atoms with Gasteiger partial charge in [-0.15, -0.1) is 0 Å². The number of phenols is 1. The molecule has 2 unspecified atom stereocenters. The number of nitrogens with two attached hydrogens (primary N) is 1. The monoisotopic (exact) mass is 252 g/mol. The first-order valence-corrected chi connectivity index (χ1v) is 6.57. The minimum atomic E-state index is -0.344. The number of likely N-dealkylation sites (tertiary alicyclic amines) is 1. The van der Waals surface area contributed by atoms with Gasteiger partial charge in [0.2, 0.25) is 0 Å². The lowest BCUT2D eigenvalue weighted by Gasteiger charge is -2.39. The molecule has 2 rings (SSSR count). The van der Waals surface area contributed by atoms with Gasteiger partial charge < -0.3 is 10.8 Å². The molecular weight excluding hydrogens is 231 g/mol. The SMILES string of the molecule is CC(c1ccc(O)cc1F)N1CCCCC1CN. The van der Waals surface area contributed by atoms with Gasteiger partial charge in [0.15, 0.2) is 0 Å². The Hall–Kier alpha value is -1.13. The largest absolute Gasteiger partial charge is 0.508 e. The maximum atomic E-state index is 13.9. The standard InChI is InChI=1S/C14H21FN2O/c1-10(13-6-5-12(18)8-14(13)15)17-7-3-2-4-11(17)9-16/h5-6,8,10-11,18H,2-4,7,9,16H2,1H3. The first kappa shape index (κ1) is 13.3. The molecule has 0 aliphatic carbocycles. The maximum absolute atomic E-state index is 13.9. The predicted molar refractivity (Wildman–Crippen MR) is 69.9 cm³/mol. The second-order valence-corrected chi connectivity index (χ2v) is 5.00. The van der Waals surface area contributed by atoms with Crippen molar-refractivity contribution in [3.63, 3.8) is 0 Å². The van der Waals surface area contributed by atoms with E-state index in [1.807, 2.05) is 6.92 Å². The summed E-state index contributed by atoms with van der Waals surface area (Å²) in [4.78, 5) is 2.28. The van der Waals surface area contributed by atoms with Crippen LogP contribution in [0, 0.1) is 5.82 Å². The smallest absolute Gasteiger partial charge is 0.131 e. The highest BCUT2D eigenvalue weighted by atomic mass is 19.1. The second-order valence-electron chi connectivity index (χ2n) is 5.00. The van der Waals surface area contributed by atoms with E-state index in [2.05, 4.69) is 4.90 Å². The molecule has 18 heavy (non-hydrogen) atoms. The first-order chi connectivity index (χ1) is 8.63. The van der Waals surface area contributed by atoms with E-state index in [1.54, 1.807) is 6.07 Å². The third kappa shape index (κ3) is 2.65. The molecule has 1 fully saturated rings. The Bertz CT molecular complexity index is 411. The molecule has 1 aromatic carbocycles. The zero-order chi connectivity index (χ0) is 13.1. The summed E-state index contributed by atoms with van der Waals surface area (Å²) in [6.07, 6.45) is 3.42. The van der Waals surface area contributed by atoms with Gasteiger partial charge >= 0.3 is 0 Å². The van der Waals surface area contributed by atoms with Crippen molar-refractivity contribution in [2.24, 2.45) is 5.73 Å². The number of hydrogen-bond acceptors (Lipinski definition) is 3. The summed E-state index contributed by atoms with van der Waals surface area (Å²) in [7, 11) is 0. The normalized spacial score (nSPS) is 22.9. The molecule has 4 heteroatoms. The molecule has 0 bridgehead atoms. The van der Waals surface area contributed by atoms with Crippen LogP contribution in [0.1, 0.15) is 37.8 Å². The molecule has 0 aromatic heterocycles. The average Bonchev–Trinajstić information content (AvgIpc) is 2.38. The van der Waals surface area contributed by atoms with Crippen LogP contribution < -0.4 is 5.73 Å². The predicted octanol–water partition coefficient (Wildman–Crippen LogP) is 2.41. The van der Waals surface area contributed by atoms with E-state index in [-0.39, 0.29) is 17.6 Å². The molecule has 1 heterocycles. The Kier molecular flexibility index (Phi) is 4.19. The number of phenolic OH excluding ortho intramolecular Hbond substituents is 1. The molecule has 3 N–H and O–H groups in total. The van der Waals surface area contributed by atoms with Gasteiger partial charge in [-0.1, -0.05) is 12.5 Å². The molecule has 0 spiro atoms.